The van der Waals surface area contributed by atoms with Crippen LogP contribution in [0.2, 0.25) is 0 Å². The first-order valence-electron chi connectivity index (χ1n) is 5.50. The van der Waals surface area contributed by atoms with Crippen LogP contribution in [-0.4, -0.2) is 11.7 Å². The summed E-state index contributed by atoms with van der Waals surface area (Å²) >= 11 is 0. The quantitative estimate of drug-likeness (QED) is 0.588. The molecule has 0 heterocycles. The van der Waals surface area contributed by atoms with Crippen molar-refractivity contribution >= 4 is 0 Å². The zero-order valence-electron chi connectivity index (χ0n) is 9.24. The van der Waals surface area contributed by atoms with Crippen molar-refractivity contribution < 1.29 is 5.11 Å². The summed E-state index contributed by atoms with van der Waals surface area (Å²) in [7, 11) is 0. The van der Waals surface area contributed by atoms with Crippen LogP contribution in [0.25, 0.3) is 0 Å². The van der Waals surface area contributed by atoms with Crippen molar-refractivity contribution in [1.29, 1.82) is 0 Å². The monoisotopic (exact) mass is 202 g/mol. The van der Waals surface area contributed by atoms with Gasteiger partial charge in [0.15, 0.2) is 0 Å². The molecule has 0 saturated carbocycles. The maximum Gasteiger partial charge on any atom is 0.0431 e. The minimum absolute atomic E-state index is 0.291. The Balaban J connectivity index is 2.37. The van der Waals surface area contributed by atoms with Crippen molar-refractivity contribution in [3.8, 4) is 11.8 Å². The first kappa shape index (κ1) is 11.8. The van der Waals surface area contributed by atoms with E-state index in [1.54, 1.807) is 0 Å². The molecule has 1 atom stereocenters. The largest absolute Gasteiger partial charge is 0.396 e. The molecule has 1 nitrogen and oxygen atoms in total. The van der Waals surface area contributed by atoms with Crippen LogP contribution in [-0.2, 0) is 0 Å². The topological polar surface area (TPSA) is 20.2 Å². The summed E-state index contributed by atoms with van der Waals surface area (Å²) in [6, 6.07) is 10.0. The normalized spacial score (nSPS) is 11.6. The highest BCUT2D eigenvalue weighted by molar-refractivity contribution is 5.33. The number of aliphatic hydroxyl groups excluding tert-OH is 1. The van der Waals surface area contributed by atoms with Crippen LogP contribution in [0.15, 0.2) is 30.3 Å². The van der Waals surface area contributed by atoms with Crippen LogP contribution in [0, 0.1) is 17.8 Å². The third-order valence-corrected chi connectivity index (χ3v) is 2.28. The molecule has 0 amide bonds. The summed E-state index contributed by atoms with van der Waals surface area (Å²) in [5, 5.41) is 8.65. The zero-order chi connectivity index (χ0) is 10.9. The highest BCUT2D eigenvalue weighted by Gasteiger charge is 1.96. The van der Waals surface area contributed by atoms with E-state index in [-0.39, 0.29) is 0 Å². The standard InChI is InChI=1S/C14H18O/c1-13(7-5-6-12-15)10-11-14-8-3-2-4-9-14/h2-4,8-9,13,15H,5-7,12H2,1H3/t13-/m1/s1. The molecule has 1 N–H and O–H groups in total. The van der Waals surface area contributed by atoms with Gasteiger partial charge >= 0.3 is 0 Å². The Bertz CT molecular complexity index is 318. The van der Waals surface area contributed by atoms with E-state index in [2.05, 4.69) is 18.8 Å². The van der Waals surface area contributed by atoms with E-state index in [1.807, 2.05) is 30.3 Å². The molecule has 0 aromatic heterocycles. The van der Waals surface area contributed by atoms with Gasteiger partial charge in [0.2, 0.25) is 0 Å². The summed E-state index contributed by atoms with van der Waals surface area (Å²) in [5.41, 5.74) is 1.08. The number of unbranched alkanes of at least 4 members (excludes halogenated alkanes) is 1. The van der Waals surface area contributed by atoms with Crippen LogP contribution in [0.4, 0.5) is 0 Å². The third kappa shape index (κ3) is 5.24. The maximum absolute atomic E-state index is 8.65. The smallest absolute Gasteiger partial charge is 0.0431 e. The van der Waals surface area contributed by atoms with E-state index in [4.69, 9.17) is 5.11 Å². The lowest BCUT2D eigenvalue weighted by Gasteiger charge is -2.01. The van der Waals surface area contributed by atoms with Gasteiger partial charge in [-0.05, 0) is 31.4 Å². The highest BCUT2D eigenvalue weighted by Crippen LogP contribution is 2.06. The van der Waals surface area contributed by atoms with Gasteiger partial charge in [0.25, 0.3) is 0 Å². The van der Waals surface area contributed by atoms with Gasteiger partial charge in [0.05, 0.1) is 0 Å². The van der Waals surface area contributed by atoms with Crippen LogP contribution >= 0.6 is 0 Å². The molecule has 80 valence electrons. The molecular weight excluding hydrogens is 184 g/mol. The molecule has 0 unspecified atom stereocenters. The molecular formula is C14H18O. The lowest BCUT2D eigenvalue weighted by Crippen LogP contribution is -1.92. The van der Waals surface area contributed by atoms with Crippen molar-refractivity contribution in [2.75, 3.05) is 6.61 Å². The highest BCUT2D eigenvalue weighted by atomic mass is 16.2. The predicted octanol–water partition coefficient (Wildman–Crippen LogP) is 2.84. The Morgan fingerprint density at radius 3 is 2.60 bits per heavy atom. The minimum Gasteiger partial charge on any atom is -0.396 e. The third-order valence-electron chi connectivity index (χ3n) is 2.28. The second-order valence-electron chi connectivity index (χ2n) is 3.76. The van der Waals surface area contributed by atoms with Gasteiger partial charge in [-0.2, -0.15) is 0 Å². The molecule has 0 bridgehead atoms. The van der Waals surface area contributed by atoms with Gasteiger partial charge in [-0.1, -0.05) is 37.0 Å². The molecule has 0 spiro atoms. The Morgan fingerprint density at radius 1 is 1.20 bits per heavy atom. The van der Waals surface area contributed by atoms with E-state index in [9.17, 15) is 0 Å². The van der Waals surface area contributed by atoms with Gasteiger partial charge in [-0.3, -0.25) is 0 Å². The van der Waals surface area contributed by atoms with Crippen molar-refractivity contribution in [3.63, 3.8) is 0 Å². The number of benzene rings is 1. The summed E-state index contributed by atoms with van der Waals surface area (Å²) in [5.74, 6) is 6.80. The number of aliphatic hydroxyl groups is 1. The van der Waals surface area contributed by atoms with Crippen LogP contribution < -0.4 is 0 Å². The average molecular weight is 202 g/mol. The van der Waals surface area contributed by atoms with Gasteiger partial charge in [-0.25, -0.2) is 0 Å². The van der Waals surface area contributed by atoms with Crippen LogP contribution in [0.1, 0.15) is 31.7 Å². The number of hydrogen-bond donors (Lipinski definition) is 1. The van der Waals surface area contributed by atoms with E-state index >= 15 is 0 Å². The zero-order valence-corrected chi connectivity index (χ0v) is 9.24. The fourth-order valence-corrected chi connectivity index (χ4v) is 1.36. The van der Waals surface area contributed by atoms with Crippen molar-refractivity contribution in [1.82, 2.24) is 0 Å². The Labute approximate surface area is 92.1 Å². The molecule has 1 rings (SSSR count). The summed E-state index contributed by atoms with van der Waals surface area (Å²) in [6.07, 6.45) is 3.01. The molecule has 0 radical (unpaired) electrons. The van der Waals surface area contributed by atoms with Crippen molar-refractivity contribution in [3.05, 3.63) is 35.9 Å². The number of hydrogen-bond acceptors (Lipinski definition) is 1. The Morgan fingerprint density at radius 2 is 1.93 bits per heavy atom. The van der Waals surface area contributed by atoms with Gasteiger partial charge in [-0.15, -0.1) is 0 Å². The first-order chi connectivity index (χ1) is 7.33. The molecule has 0 saturated heterocycles. The van der Waals surface area contributed by atoms with E-state index in [0.717, 1.165) is 24.8 Å². The van der Waals surface area contributed by atoms with Gasteiger partial charge < -0.3 is 5.11 Å². The van der Waals surface area contributed by atoms with Crippen LogP contribution in [0.3, 0.4) is 0 Å². The van der Waals surface area contributed by atoms with Crippen molar-refractivity contribution in [2.24, 2.45) is 5.92 Å². The second kappa shape index (κ2) is 7.09. The minimum atomic E-state index is 0.291. The maximum atomic E-state index is 8.65. The molecule has 0 fully saturated rings. The Hall–Kier alpha value is -1.26. The summed E-state index contributed by atoms with van der Waals surface area (Å²) in [4.78, 5) is 0. The van der Waals surface area contributed by atoms with Crippen LogP contribution in [0.5, 0.6) is 0 Å². The summed E-state index contributed by atoms with van der Waals surface area (Å²) < 4.78 is 0. The molecule has 0 aliphatic rings. The van der Waals surface area contributed by atoms with E-state index < -0.39 is 0 Å². The van der Waals surface area contributed by atoms with E-state index in [0.29, 0.717) is 12.5 Å². The molecule has 0 aliphatic heterocycles. The van der Waals surface area contributed by atoms with Crippen molar-refractivity contribution in [2.45, 2.75) is 26.2 Å². The average Bonchev–Trinajstić information content (AvgIpc) is 2.28. The Kier molecular flexibility index (Phi) is 5.58. The lowest BCUT2D eigenvalue weighted by molar-refractivity contribution is 0.281. The fraction of sp³-hybridized carbons (Fsp3) is 0.429. The number of rotatable bonds is 4. The van der Waals surface area contributed by atoms with E-state index in [1.165, 1.54) is 0 Å². The molecule has 15 heavy (non-hydrogen) atoms. The molecule has 0 aliphatic carbocycles. The lowest BCUT2D eigenvalue weighted by atomic mass is 10.0. The SMILES string of the molecule is C[C@@H](C#Cc1ccccc1)CCCCO. The molecule has 1 aromatic rings. The van der Waals surface area contributed by atoms with Gasteiger partial charge in [0.1, 0.15) is 0 Å². The predicted molar refractivity (Wildman–Crippen MR) is 63.4 cm³/mol. The fourth-order valence-electron chi connectivity index (χ4n) is 1.36. The first-order valence-corrected chi connectivity index (χ1v) is 5.50. The molecule has 1 heteroatoms. The molecule has 1 aromatic carbocycles. The summed E-state index contributed by atoms with van der Waals surface area (Å²) in [6.45, 7) is 2.42. The van der Waals surface area contributed by atoms with Gasteiger partial charge in [0, 0.05) is 18.1 Å². The second-order valence-corrected chi connectivity index (χ2v) is 3.76.